The molecule has 1 atom stereocenters. The molecule has 0 aliphatic carbocycles. The number of nitrogens with one attached hydrogen (secondary N) is 1. The van der Waals surface area contributed by atoms with Crippen LogP contribution in [0.1, 0.15) is 45.7 Å². The zero-order valence-electron chi connectivity index (χ0n) is 14.3. The normalized spacial score (nSPS) is 14.0. The van der Waals surface area contributed by atoms with Crippen molar-refractivity contribution < 1.29 is 13.2 Å². The standard InChI is InChI=1S/C17H27NO3S/c1-12(2)22(20,21)14(4)16(19)18-11-17(5,6)15-9-7-8-13(3)10-15/h7-10,12,14H,11H2,1-6H3,(H,18,19)/t14-/m1/s1. The van der Waals surface area contributed by atoms with Crippen LogP contribution in [0.5, 0.6) is 0 Å². The molecule has 0 bridgehead atoms. The van der Waals surface area contributed by atoms with Crippen molar-refractivity contribution in [2.75, 3.05) is 6.54 Å². The van der Waals surface area contributed by atoms with Crippen LogP contribution in [0.4, 0.5) is 0 Å². The fraction of sp³-hybridized carbons (Fsp3) is 0.588. The molecule has 22 heavy (non-hydrogen) atoms. The Hall–Kier alpha value is -1.36. The van der Waals surface area contributed by atoms with Gasteiger partial charge in [-0.05, 0) is 33.3 Å². The lowest BCUT2D eigenvalue weighted by Crippen LogP contribution is -2.45. The lowest BCUT2D eigenvalue weighted by molar-refractivity contribution is -0.120. The summed E-state index contributed by atoms with van der Waals surface area (Å²) in [6.07, 6.45) is 0. The van der Waals surface area contributed by atoms with E-state index < -0.39 is 26.2 Å². The van der Waals surface area contributed by atoms with Gasteiger partial charge in [0.05, 0.1) is 5.25 Å². The van der Waals surface area contributed by atoms with Gasteiger partial charge in [-0.15, -0.1) is 0 Å². The summed E-state index contributed by atoms with van der Waals surface area (Å²) in [7, 11) is -3.43. The van der Waals surface area contributed by atoms with Crippen molar-refractivity contribution in [3.8, 4) is 0 Å². The molecular formula is C17H27NO3S. The molecule has 0 radical (unpaired) electrons. The number of sulfone groups is 1. The number of carbonyl (C=O) groups is 1. The Bertz CT molecular complexity index is 633. The first-order valence-corrected chi connectivity index (χ1v) is 9.17. The lowest BCUT2D eigenvalue weighted by atomic mass is 9.84. The van der Waals surface area contributed by atoms with Crippen molar-refractivity contribution >= 4 is 15.7 Å². The summed E-state index contributed by atoms with van der Waals surface area (Å²) in [5.74, 6) is -0.436. The number of benzene rings is 1. The number of rotatable bonds is 6. The van der Waals surface area contributed by atoms with Crippen molar-refractivity contribution in [1.29, 1.82) is 0 Å². The predicted molar refractivity (Wildman–Crippen MR) is 90.7 cm³/mol. The van der Waals surface area contributed by atoms with Gasteiger partial charge in [0, 0.05) is 12.0 Å². The van der Waals surface area contributed by atoms with Crippen LogP contribution in [0.2, 0.25) is 0 Å². The van der Waals surface area contributed by atoms with Crippen LogP contribution in [0.3, 0.4) is 0 Å². The van der Waals surface area contributed by atoms with E-state index in [0.717, 1.165) is 11.1 Å². The quantitative estimate of drug-likeness (QED) is 0.874. The SMILES string of the molecule is Cc1cccc(C(C)(C)CNC(=O)[C@@H](C)S(=O)(=O)C(C)C)c1. The number of hydrogen-bond acceptors (Lipinski definition) is 3. The molecule has 1 amide bonds. The van der Waals surface area contributed by atoms with Gasteiger partial charge in [-0.25, -0.2) is 8.42 Å². The van der Waals surface area contributed by atoms with Crippen molar-refractivity contribution in [2.45, 2.75) is 57.5 Å². The molecule has 1 aromatic rings. The smallest absolute Gasteiger partial charge is 0.238 e. The van der Waals surface area contributed by atoms with Crippen molar-refractivity contribution in [3.05, 3.63) is 35.4 Å². The third-order valence-electron chi connectivity index (χ3n) is 4.02. The summed E-state index contributed by atoms with van der Waals surface area (Å²) in [4.78, 5) is 12.1. The first-order valence-electron chi connectivity index (χ1n) is 7.56. The molecule has 0 unspecified atom stereocenters. The Kier molecular flexibility index (Phi) is 5.79. The number of carbonyl (C=O) groups excluding carboxylic acids is 1. The maximum absolute atomic E-state index is 12.1. The summed E-state index contributed by atoms with van der Waals surface area (Å²) >= 11 is 0. The molecule has 4 nitrogen and oxygen atoms in total. The second-order valence-corrected chi connectivity index (χ2v) is 9.58. The van der Waals surface area contributed by atoms with Crippen LogP contribution in [0.15, 0.2) is 24.3 Å². The minimum atomic E-state index is -3.43. The van der Waals surface area contributed by atoms with E-state index in [1.807, 2.05) is 39.0 Å². The van der Waals surface area contributed by atoms with Crippen LogP contribution in [0.25, 0.3) is 0 Å². The maximum Gasteiger partial charge on any atom is 0.238 e. The molecule has 1 aromatic carbocycles. The molecule has 0 aliphatic heterocycles. The number of hydrogen-bond donors (Lipinski definition) is 1. The van der Waals surface area contributed by atoms with Gasteiger partial charge in [-0.3, -0.25) is 4.79 Å². The minimum absolute atomic E-state index is 0.261. The Balaban J connectivity index is 2.79. The van der Waals surface area contributed by atoms with Crippen LogP contribution < -0.4 is 5.32 Å². The van der Waals surface area contributed by atoms with Crippen molar-refractivity contribution in [2.24, 2.45) is 0 Å². The van der Waals surface area contributed by atoms with E-state index in [1.54, 1.807) is 13.8 Å². The van der Waals surface area contributed by atoms with E-state index in [1.165, 1.54) is 6.92 Å². The van der Waals surface area contributed by atoms with E-state index in [2.05, 4.69) is 11.4 Å². The summed E-state index contributed by atoms with van der Waals surface area (Å²) in [6, 6.07) is 8.11. The Labute approximate surface area is 134 Å². The molecule has 5 heteroatoms. The van der Waals surface area contributed by atoms with Crippen LogP contribution >= 0.6 is 0 Å². The van der Waals surface area contributed by atoms with E-state index in [-0.39, 0.29) is 5.41 Å². The highest BCUT2D eigenvalue weighted by atomic mass is 32.2. The van der Waals surface area contributed by atoms with Crippen molar-refractivity contribution in [3.63, 3.8) is 0 Å². The number of amides is 1. The highest BCUT2D eigenvalue weighted by Crippen LogP contribution is 2.23. The predicted octanol–water partition coefficient (Wildman–Crippen LogP) is 2.60. The Morgan fingerprint density at radius 1 is 1.23 bits per heavy atom. The second-order valence-electron chi connectivity index (χ2n) is 6.75. The summed E-state index contributed by atoms with van der Waals surface area (Å²) in [6.45, 7) is 11.1. The summed E-state index contributed by atoms with van der Waals surface area (Å²) < 4.78 is 24.1. The van der Waals surface area contributed by atoms with Crippen LogP contribution in [-0.2, 0) is 20.0 Å². The second kappa shape index (κ2) is 6.82. The van der Waals surface area contributed by atoms with Crippen LogP contribution in [-0.4, -0.2) is 31.4 Å². The molecule has 0 aliphatic rings. The minimum Gasteiger partial charge on any atom is -0.354 e. The first-order chi connectivity index (χ1) is 9.98. The van der Waals surface area contributed by atoms with Gasteiger partial charge < -0.3 is 5.32 Å². The topological polar surface area (TPSA) is 63.2 Å². The van der Waals surface area contributed by atoms with E-state index >= 15 is 0 Å². The van der Waals surface area contributed by atoms with E-state index in [4.69, 9.17) is 0 Å². The van der Waals surface area contributed by atoms with Gasteiger partial charge in [0.2, 0.25) is 5.91 Å². The molecule has 1 N–H and O–H groups in total. The molecule has 124 valence electrons. The average molecular weight is 325 g/mol. The molecule has 0 saturated heterocycles. The van der Waals surface area contributed by atoms with E-state index in [9.17, 15) is 13.2 Å². The molecule has 0 saturated carbocycles. The fourth-order valence-electron chi connectivity index (χ4n) is 2.18. The zero-order chi connectivity index (χ0) is 17.1. The third-order valence-corrected chi connectivity index (χ3v) is 6.54. The average Bonchev–Trinajstić information content (AvgIpc) is 2.43. The third kappa shape index (κ3) is 4.32. The monoisotopic (exact) mass is 325 g/mol. The van der Waals surface area contributed by atoms with Gasteiger partial charge >= 0.3 is 0 Å². The molecule has 0 fully saturated rings. The molecule has 0 spiro atoms. The Morgan fingerprint density at radius 3 is 2.32 bits per heavy atom. The molecule has 1 rings (SSSR count). The molecule has 0 aromatic heterocycles. The Morgan fingerprint density at radius 2 is 1.82 bits per heavy atom. The van der Waals surface area contributed by atoms with E-state index in [0.29, 0.717) is 6.54 Å². The van der Waals surface area contributed by atoms with Crippen LogP contribution in [0, 0.1) is 6.92 Å². The zero-order valence-corrected chi connectivity index (χ0v) is 15.1. The summed E-state index contributed by atoms with van der Waals surface area (Å²) in [5, 5.41) is 1.20. The number of aryl methyl sites for hydroxylation is 1. The molecular weight excluding hydrogens is 298 g/mol. The first kappa shape index (κ1) is 18.7. The van der Waals surface area contributed by atoms with Gasteiger partial charge in [-0.2, -0.15) is 0 Å². The van der Waals surface area contributed by atoms with Gasteiger partial charge in [0.1, 0.15) is 5.25 Å². The van der Waals surface area contributed by atoms with Gasteiger partial charge in [0.15, 0.2) is 9.84 Å². The lowest BCUT2D eigenvalue weighted by Gasteiger charge is -2.27. The summed E-state index contributed by atoms with van der Waals surface area (Å²) in [5.41, 5.74) is 2.02. The van der Waals surface area contributed by atoms with Gasteiger partial charge in [0.25, 0.3) is 0 Å². The van der Waals surface area contributed by atoms with Crippen molar-refractivity contribution in [1.82, 2.24) is 5.32 Å². The fourth-order valence-corrected chi connectivity index (χ4v) is 3.38. The highest BCUT2D eigenvalue weighted by molar-refractivity contribution is 7.93. The maximum atomic E-state index is 12.1. The van der Waals surface area contributed by atoms with Gasteiger partial charge in [-0.1, -0.05) is 43.7 Å². The largest absolute Gasteiger partial charge is 0.354 e. The highest BCUT2D eigenvalue weighted by Gasteiger charge is 2.31. The molecule has 0 heterocycles.